The predicted molar refractivity (Wildman–Crippen MR) is 92.1 cm³/mol. The van der Waals surface area contributed by atoms with Crippen molar-refractivity contribution >= 4 is 34.5 Å². The van der Waals surface area contributed by atoms with E-state index >= 15 is 0 Å². The van der Waals surface area contributed by atoms with E-state index in [-0.39, 0.29) is 11.7 Å². The van der Waals surface area contributed by atoms with E-state index in [1.165, 1.54) is 12.3 Å². The summed E-state index contributed by atoms with van der Waals surface area (Å²) in [6, 6.07) is 17.7. The lowest BCUT2D eigenvalue weighted by Gasteiger charge is -2.05. The highest BCUT2D eigenvalue weighted by atomic mass is 35.5. The van der Waals surface area contributed by atoms with Crippen molar-refractivity contribution in [1.82, 2.24) is 5.43 Å². The summed E-state index contributed by atoms with van der Waals surface area (Å²) in [5.74, 6) is -0.280. The van der Waals surface area contributed by atoms with Gasteiger partial charge in [0.15, 0.2) is 0 Å². The van der Waals surface area contributed by atoms with Crippen LogP contribution in [0, 0.1) is 0 Å². The molecule has 1 amide bonds. The number of hydrogen-bond donors (Lipinski definition) is 2. The van der Waals surface area contributed by atoms with E-state index < -0.39 is 0 Å². The molecule has 3 rings (SSSR count). The lowest BCUT2D eigenvalue weighted by atomic mass is 10.0. The molecule has 3 aromatic rings. The Bertz CT molecular complexity index is 901. The van der Waals surface area contributed by atoms with Crippen molar-refractivity contribution in [2.75, 3.05) is 0 Å². The maximum atomic E-state index is 12.3. The number of hydrazone groups is 1. The molecule has 0 unspecified atom stereocenters. The summed E-state index contributed by atoms with van der Waals surface area (Å²) in [6.45, 7) is 0. The first kappa shape index (κ1) is 15.1. The van der Waals surface area contributed by atoms with Crippen LogP contribution in [-0.4, -0.2) is 17.2 Å². The largest absolute Gasteiger partial charge is 0.507 e. The van der Waals surface area contributed by atoms with E-state index in [9.17, 15) is 9.90 Å². The van der Waals surface area contributed by atoms with Gasteiger partial charge in [-0.1, -0.05) is 48.0 Å². The van der Waals surface area contributed by atoms with Gasteiger partial charge in [-0.3, -0.25) is 4.79 Å². The zero-order chi connectivity index (χ0) is 16.2. The summed E-state index contributed by atoms with van der Waals surface area (Å²) in [7, 11) is 0. The fourth-order valence-electron chi connectivity index (χ4n) is 2.27. The van der Waals surface area contributed by atoms with Crippen LogP contribution in [0.5, 0.6) is 5.75 Å². The molecule has 0 aliphatic heterocycles. The lowest BCUT2D eigenvalue weighted by molar-refractivity contribution is 0.0957. The molecule has 0 aromatic heterocycles. The molecule has 0 bridgehead atoms. The minimum Gasteiger partial charge on any atom is -0.507 e. The number of phenolic OH excluding ortho intramolecular Hbond substituents is 1. The van der Waals surface area contributed by atoms with E-state index in [0.29, 0.717) is 16.1 Å². The third-order valence-electron chi connectivity index (χ3n) is 3.39. The van der Waals surface area contributed by atoms with Gasteiger partial charge in [-0.25, -0.2) is 5.43 Å². The number of carbonyl (C=O) groups is 1. The molecule has 0 atom stereocenters. The van der Waals surface area contributed by atoms with E-state index in [1.807, 2.05) is 36.4 Å². The number of benzene rings is 3. The van der Waals surface area contributed by atoms with Gasteiger partial charge < -0.3 is 5.11 Å². The molecule has 0 aliphatic rings. The second kappa shape index (κ2) is 6.50. The van der Waals surface area contributed by atoms with Gasteiger partial charge in [0.05, 0.1) is 6.21 Å². The Hall–Kier alpha value is -2.85. The number of nitrogens with one attached hydrogen (secondary N) is 1. The van der Waals surface area contributed by atoms with Crippen molar-refractivity contribution < 1.29 is 9.90 Å². The molecular weight excluding hydrogens is 312 g/mol. The number of aromatic hydroxyl groups is 1. The average molecular weight is 325 g/mol. The number of amides is 1. The number of nitrogens with zero attached hydrogens (tertiary/aromatic N) is 1. The second-order valence-electron chi connectivity index (χ2n) is 4.93. The lowest BCUT2D eigenvalue weighted by Crippen LogP contribution is -2.17. The van der Waals surface area contributed by atoms with Crippen LogP contribution in [0.25, 0.3) is 10.8 Å². The quantitative estimate of drug-likeness (QED) is 0.566. The minimum atomic E-state index is -0.320. The van der Waals surface area contributed by atoms with E-state index in [2.05, 4.69) is 10.5 Å². The highest BCUT2D eigenvalue weighted by molar-refractivity contribution is 6.30. The maximum absolute atomic E-state index is 12.3. The Morgan fingerprint density at radius 1 is 1.09 bits per heavy atom. The maximum Gasteiger partial charge on any atom is 0.271 e. The van der Waals surface area contributed by atoms with Crippen LogP contribution < -0.4 is 5.43 Å². The smallest absolute Gasteiger partial charge is 0.271 e. The normalized spacial score (nSPS) is 11.0. The van der Waals surface area contributed by atoms with Crippen LogP contribution in [-0.2, 0) is 0 Å². The minimum absolute atomic E-state index is 0.0394. The van der Waals surface area contributed by atoms with E-state index in [1.54, 1.807) is 18.2 Å². The third-order valence-corrected chi connectivity index (χ3v) is 3.63. The van der Waals surface area contributed by atoms with Crippen LogP contribution >= 0.6 is 11.6 Å². The molecule has 0 aliphatic carbocycles. The Balaban J connectivity index is 1.81. The Labute approximate surface area is 138 Å². The summed E-state index contributed by atoms with van der Waals surface area (Å²) in [4.78, 5) is 12.3. The number of rotatable bonds is 3. The zero-order valence-corrected chi connectivity index (χ0v) is 12.8. The van der Waals surface area contributed by atoms with Gasteiger partial charge in [0.1, 0.15) is 5.75 Å². The molecule has 0 fully saturated rings. The fourth-order valence-corrected chi connectivity index (χ4v) is 2.45. The standard InChI is InChI=1S/C18H13ClN2O2/c19-14-8-9-17(22)13(10-14)11-20-21-18(23)16-7-3-5-12-4-1-2-6-15(12)16/h1-11,22H,(H,21,23)/b20-11-. The predicted octanol–water partition coefficient (Wildman–Crippen LogP) is 3.96. The van der Waals surface area contributed by atoms with Gasteiger partial charge in [-0.15, -0.1) is 0 Å². The van der Waals surface area contributed by atoms with Gasteiger partial charge in [-0.05, 0) is 35.0 Å². The molecule has 0 radical (unpaired) electrons. The van der Waals surface area contributed by atoms with E-state index in [4.69, 9.17) is 11.6 Å². The van der Waals surface area contributed by atoms with Gasteiger partial charge in [0.2, 0.25) is 0 Å². The summed E-state index contributed by atoms with van der Waals surface area (Å²) in [6.07, 6.45) is 1.35. The van der Waals surface area contributed by atoms with E-state index in [0.717, 1.165) is 10.8 Å². The first-order chi connectivity index (χ1) is 11.1. The summed E-state index contributed by atoms with van der Waals surface area (Å²) >= 11 is 5.86. The van der Waals surface area contributed by atoms with Crippen molar-refractivity contribution in [1.29, 1.82) is 0 Å². The highest BCUT2D eigenvalue weighted by Gasteiger charge is 2.08. The Morgan fingerprint density at radius 3 is 2.74 bits per heavy atom. The molecular formula is C18H13ClN2O2. The van der Waals surface area contributed by atoms with Crippen molar-refractivity contribution in [3.05, 3.63) is 76.8 Å². The van der Waals surface area contributed by atoms with Gasteiger partial charge in [0.25, 0.3) is 5.91 Å². The molecule has 2 N–H and O–H groups in total. The summed E-state index contributed by atoms with van der Waals surface area (Å²) < 4.78 is 0. The molecule has 0 spiro atoms. The molecule has 3 aromatic carbocycles. The first-order valence-electron chi connectivity index (χ1n) is 6.95. The molecule has 23 heavy (non-hydrogen) atoms. The van der Waals surface area contributed by atoms with Crippen LogP contribution in [0.1, 0.15) is 15.9 Å². The zero-order valence-electron chi connectivity index (χ0n) is 12.0. The van der Waals surface area contributed by atoms with Crippen LogP contribution in [0.3, 0.4) is 0 Å². The highest BCUT2D eigenvalue weighted by Crippen LogP contribution is 2.20. The topological polar surface area (TPSA) is 61.7 Å². The molecule has 0 saturated heterocycles. The van der Waals surface area contributed by atoms with Crippen LogP contribution in [0.15, 0.2) is 65.8 Å². The first-order valence-corrected chi connectivity index (χ1v) is 7.32. The average Bonchev–Trinajstić information content (AvgIpc) is 2.57. The van der Waals surface area contributed by atoms with Crippen molar-refractivity contribution in [3.8, 4) is 5.75 Å². The summed E-state index contributed by atoms with van der Waals surface area (Å²) in [5.41, 5.74) is 3.43. The van der Waals surface area contributed by atoms with Gasteiger partial charge in [-0.2, -0.15) is 5.10 Å². The molecule has 4 nitrogen and oxygen atoms in total. The number of carbonyl (C=O) groups excluding carboxylic acids is 1. The molecule has 0 saturated carbocycles. The Kier molecular flexibility index (Phi) is 4.26. The van der Waals surface area contributed by atoms with Crippen LogP contribution in [0.2, 0.25) is 5.02 Å². The number of phenols is 1. The van der Waals surface area contributed by atoms with Crippen LogP contribution in [0.4, 0.5) is 0 Å². The monoisotopic (exact) mass is 324 g/mol. The number of hydrogen-bond acceptors (Lipinski definition) is 3. The van der Waals surface area contributed by atoms with Crippen molar-refractivity contribution in [2.24, 2.45) is 5.10 Å². The third kappa shape index (κ3) is 3.33. The van der Waals surface area contributed by atoms with Gasteiger partial charge in [0, 0.05) is 16.1 Å². The molecule has 5 heteroatoms. The van der Waals surface area contributed by atoms with Gasteiger partial charge >= 0.3 is 0 Å². The number of fused-ring (bicyclic) bond motifs is 1. The van der Waals surface area contributed by atoms with Crippen molar-refractivity contribution in [3.63, 3.8) is 0 Å². The second-order valence-corrected chi connectivity index (χ2v) is 5.37. The summed E-state index contributed by atoms with van der Waals surface area (Å²) in [5, 5.41) is 15.9. The Morgan fingerprint density at radius 2 is 1.87 bits per heavy atom. The molecule has 0 heterocycles. The number of halogens is 1. The van der Waals surface area contributed by atoms with Crippen molar-refractivity contribution in [2.45, 2.75) is 0 Å². The SMILES string of the molecule is O=C(N/N=C\c1cc(Cl)ccc1O)c1cccc2ccccc12. The molecule has 114 valence electrons. The fraction of sp³-hybridized carbons (Fsp3) is 0.